The monoisotopic (exact) mass is 408 g/mol. The molecule has 3 aliphatic rings. The predicted molar refractivity (Wildman–Crippen MR) is 117 cm³/mol. The van der Waals surface area contributed by atoms with Crippen LogP contribution < -0.4 is 5.56 Å². The number of carbonyl (C=O) groups is 1. The van der Waals surface area contributed by atoms with E-state index in [0.717, 1.165) is 81.6 Å². The minimum Gasteiger partial charge on any atom is -0.341 e. The topological polar surface area (TPSA) is 58.4 Å². The normalized spacial score (nSPS) is 23.3. The summed E-state index contributed by atoms with van der Waals surface area (Å²) in [5.74, 6) is 1.86. The number of rotatable bonds is 6. The molecule has 30 heavy (non-hydrogen) atoms. The number of likely N-dealkylation sites (tertiary alicyclic amines) is 2. The van der Waals surface area contributed by atoms with E-state index in [1.54, 1.807) is 0 Å². The predicted octanol–water partition coefficient (Wildman–Crippen LogP) is 3.35. The van der Waals surface area contributed by atoms with Gasteiger partial charge in [-0.3, -0.25) is 19.1 Å². The van der Waals surface area contributed by atoms with E-state index in [4.69, 9.17) is 4.98 Å². The van der Waals surface area contributed by atoms with Crippen LogP contribution in [0.2, 0.25) is 0 Å². The number of hydrogen-bond acceptors (Lipinski definition) is 4. The van der Waals surface area contributed by atoms with Gasteiger partial charge in [-0.05, 0) is 63.1 Å². The fraction of sp³-hybridized carbons (Fsp3) is 0.625. The van der Waals surface area contributed by atoms with Crippen molar-refractivity contribution >= 4 is 16.8 Å². The first kappa shape index (κ1) is 19.7. The number of hydrogen-bond donors (Lipinski definition) is 0. The smallest absolute Gasteiger partial charge is 0.261 e. The highest BCUT2D eigenvalue weighted by atomic mass is 16.2. The fourth-order valence-electron chi connectivity index (χ4n) is 5.08. The van der Waals surface area contributed by atoms with Gasteiger partial charge in [-0.15, -0.1) is 0 Å². The largest absolute Gasteiger partial charge is 0.341 e. The number of nitrogens with zero attached hydrogens (tertiary/aromatic N) is 4. The maximum atomic E-state index is 13.3. The Kier molecular flexibility index (Phi) is 5.59. The second-order valence-corrected chi connectivity index (χ2v) is 9.23. The van der Waals surface area contributed by atoms with Gasteiger partial charge in [0.1, 0.15) is 5.82 Å². The molecular formula is C24H32N4O2. The number of carbonyl (C=O) groups excluding carboxylic acids is 1. The molecule has 2 aromatic rings. The molecule has 1 amide bonds. The summed E-state index contributed by atoms with van der Waals surface area (Å²) in [5, 5.41) is 0.724. The molecule has 2 saturated heterocycles. The molecule has 0 N–H and O–H groups in total. The van der Waals surface area contributed by atoms with Crippen LogP contribution in [0, 0.1) is 5.92 Å². The summed E-state index contributed by atoms with van der Waals surface area (Å²) < 4.78 is 1.97. The number of para-hydroxylation sites is 1. The molecule has 1 aromatic heterocycles. The average molecular weight is 409 g/mol. The number of aromatic nitrogens is 2. The second-order valence-electron chi connectivity index (χ2n) is 9.23. The van der Waals surface area contributed by atoms with Gasteiger partial charge in [0.25, 0.3) is 5.56 Å². The van der Waals surface area contributed by atoms with Gasteiger partial charge < -0.3 is 4.90 Å². The zero-order valence-corrected chi connectivity index (χ0v) is 17.8. The Hall–Kier alpha value is -2.21. The Labute approximate surface area is 177 Å². The maximum absolute atomic E-state index is 13.3. The van der Waals surface area contributed by atoms with Crippen LogP contribution >= 0.6 is 0 Å². The van der Waals surface area contributed by atoms with E-state index in [1.807, 2.05) is 33.7 Å². The molecule has 1 aromatic carbocycles. The molecule has 6 heteroatoms. The van der Waals surface area contributed by atoms with E-state index in [1.165, 1.54) is 12.8 Å². The Balaban J connectivity index is 1.41. The van der Waals surface area contributed by atoms with Crippen molar-refractivity contribution in [2.75, 3.05) is 26.2 Å². The third kappa shape index (κ3) is 4.02. The molecule has 2 aliphatic heterocycles. The lowest BCUT2D eigenvalue weighted by Gasteiger charge is -2.29. The summed E-state index contributed by atoms with van der Waals surface area (Å²) in [6, 6.07) is 7.91. The van der Waals surface area contributed by atoms with Gasteiger partial charge in [0, 0.05) is 32.6 Å². The van der Waals surface area contributed by atoms with Gasteiger partial charge in [-0.25, -0.2) is 4.98 Å². The third-order valence-electron chi connectivity index (χ3n) is 7.02. The molecule has 1 aliphatic carbocycles. The van der Waals surface area contributed by atoms with Crippen LogP contribution in [0.4, 0.5) is 0 Å². The van der Waals surface area contributed by atoms with Crippen LogP contribution in [0.25, 0.3) is 10.9 Å². The number of fused-ring (bicyclic) bond motifs is 1. The first-order valence-electron chi connectivity index (χ1n) is 11.7. The standard InChI is InChI=1S/C24H32N4O2/c29-22-10-2-1-5-13-27(22)16-15-26-14-6-9-21(26)23-25-20-8-4-3-7-19(20)24(30)28(23)17-18-11-12-18/h3-4,7-8,18,21H,1-2,5-6,9-17H2. The molecule has 0 spiro atoms. The van der Waals surface area contributed by atoms with Crippen molar-refractivity contribution in [3.63, 3.8) is 0 Å². The lowest BCUT2D eigenvalue weighted by Crippen LogP contribution is -2.39. The Morgan fingerprint density at radius 2 is 1.80 bits per heavy atom. The van der Waals surface area contributed by atoms with Gasteiger partial charge >= 0.3 is 0 Å². The lowest BCUT2D eigenvalue weighted by molar-refractivity contribution is -0.130. The van der Waals surface area contributed by atoms with Crippen molar-refractivity contribution in [1.29, 1.82) is 0 Å². The fourth-order valence-corrected chi connectivity index (χ4v) is 5.08. The minimum absolute atomic E-state index is 0.108. The molecule has 0 radical (unpaired) electrons. The van der Waals surface area contributed by atoms with Crippen molar-refractivity contribution in [3.8, 4) is 0 Å². The SMILES string of the molecule is O=C1CCCCCN1CCN1CCCC1c1nc2ccccc2c(=O)n1CC1CC1. The Morgan fingerprint density at radius 3 is 2.67 bits per heavy atom. The average Bonchev–Trinajstić information content (AvgIpc) is 3.50. The number of amides is 1. The van der Waals surface area contributed by atoms with Crippen molar-refractivity contribution in [1.82, 2.24) is 19.4 Å². The highest BCUT2D eigenvalue weighted by Gasteiger charge is 2.32. The third-order valence-corrected chi connectivity index (χ3v) is 7.02. The summed E-state index contributed by atoms with van der Waals surface area (Å²) >= 11 is 0. The molecule has 160 valence electrons. The first-order valence-corrected chi connectivity index (χ1v) is 11.7. The van der Waals surface area contributed by atoms with Crippen LogP contribution in [-0.2, 0) is 11.3 Å². The Bertz CT molecular complexity index is 981. The zero-order chi connectivity index (χ0) is 20.5. The van der Waals surface area contributed by atoms with Crippen LogP contribution in [0.3, 0.4) is 0 Å². The van der Waals surface area contributed by atoms with Crippen LogP contribution in [0.5, 0.6) is 0 Å². The molecule has 1 saturated carbocycles. The van der Waals surface area contributed by atoms with E-state index in [-0.39, 0.29) is 11.6 Å². The summed E-state index contributed by atoms with van der Waals surface area (Å²) in [5.41, 5.74) is 0.913. The van der Waals surface area contributed by atoms with Crippen molar-refractivity contribution < 1.29 is 4.79 Å². The lowest BCUT2D eigenvalue weighted by atomic mass is 10.1. The Morgan fingerprint density at radius 1 is 0.933 bits per heavy atom. The number of benzene rings is 1. The van der Waals surface area contributed by atoms with E-state index in [9.17, 15) is 9.59 Å². The van der Waals surface area contributed by atoms with Crippen LogP contribution in [0.1, 0.15) is 63.2 Å². The quantitative estimate of drug-likeness (QED) is 0.736. The minimum atomic E-state index is 0.108. The summed E-state index contributed by atoms with van der Waals surface area (Å²) in [6.45, 7) is 4.34. The molecule has 5 rings (SSSR count). The maximum Gasteiger partial charge on any atom is 0.261 e. The molecule has 3 heterocycles. The first-order chi connectivity index (χ1) is 14.7. The van der Waals surface area contributed by atoms with Gasteiger partial charge in [-0.1, -0.05) is 18.6 Å². The van der Waals surface area contributed by atoms with E-state index in [2.05, 4.69) is 4.90 Å². The molecule has 3 fully saturated rings. The molecule has 0 bridgehead atoms. The van der Waals surface area contributed by atoms with Crippen LogP contribution in [-0.4, -0.2) is 51.4 Å². The van der Waals surface area contributed by atoms with E-state index in [0.29, 0.717) is 18.2 Å². The van der Waals surface area contributed by atoms with Crippen molar-refractivity contribution in [3.05, 3.63) is 40.4 Å². The second kappa shape index (κ2) is 8.50. The van der Waals surface area contributed by atoms with Gasteiger partial charge in [0.15, 0.2) is 0 Å². The molecule has 1 unspecified atom stereocenters. The molecule has 6 nitrogen and oxygen atoms in total. The van der Waals surface area contributed by atoms with E-state index < -0.39 is 0 Å². The zero-order valence-electron chi connectivity index (χ0n) is 17.8. The van der Waals surface area contributed by atoms with Gasteiger partial charge in [0.2, 0.25) is 5.91 Å². The summed E-state index contributed by atoms with van der Waals surface area (Å²) in [4.78, 5) is 35.2. The highest BCUT2D eigenvalue weighted by Crippen LogP contribution is 2.34. The van der Waals surface area contributed by atoms with E-state index >= 15 is 0 Å². The van der Waals surface area contributed by atoms with Crippen molar-refractivity contribution in [2.45, 2.75) is 64.0 Å². The summed E-state index contributed by atoms with van der Waals surface area (Å²) in [6.07, 6.45) is 8.56. The highest BCUT2D eigenvalue weighted by molar-refractivity contribution is 5.77. The van der Waals surface area contributed by atoms with Crippen LogP contribution in [0.15, 0.2) is 29.1 Å². The molecular weight excluding hydrogens is 376 g/mol. The van der Waals surface area contributed by atoms with Crippen molar-refractivity contribution in [2.24, 2.45) is 5.92 Å². The van der Waals surface area contributed by atoms with Gasteiger partial charge in [-0.2, -0.15) is 0 Å². The van der Waals surface area contributed by atoms with Gasteiger partial charge in [0.05, 0.1) is 16.9 Å². The summed E-state index contributed by atoms with van der Waals surface area (Å²) in [7, 11) is 0. The molecule has 1 atom stereocenters.